The second-order valence-corrected chi connectivity index (χ2v) is 5.91. The lowest BCUT2D eigenvalue weighted by molar-refractivity contribution is 0.415. The van der Waals surface area contributed by atoms with Crippen LogP contribution in [0.3, 0.4) is 0 Å². The van der Waals surface area contributed by atoms with Gasteiger partial charge in [-0.15, -0.1) is 0 Å². The Labute approximate surface area is 141 Å². The van der Waals surface area contributed by atoms with Gasteiger partial charge in [-0.05, 0) is 63.0 Å². The van der Waals surface area contributed by atoms with Crippen LogP contribution < -0.4 is 4.74 Å². The van der Waals surface area contributed by atoms with Gasteiger partial charge in [-0.3, -0.25) is 0 Å². The van der Waals surface area contributed by atoms with E-state index in [2.05, 4.69) is 78.9 Å². The zero-order chi connectivity index (χ0) is 16.4. The Bertz CT molecular complexity index is 1030. The molecule has 1 nitrogen and oxygen atoms in total. The summed E-state index contributed by atoms with van der Waals surface area (Å²) < 4.78 is 5.19. The number of hydrogen-bond acceptors (Lipinski definition) is 1. The van der Waals surface area contributed by atoms with Crippen LogP contribution >= 0.6 is 0 Å². The van der Waals surface area contributed by atoms with Crippen molar-refractivity contribution in [2.75, 3.05) is 7.11 Å². The predicted octanol–water partition coefficient (Wildman–Crippen LogP) is 6.17. The topological polar surface area (TPSA) is 9.23 Å². The Hall–Kier alpha value is -3.06. The maximum absolute atomic E-state index is 5.19. The van der Waals surface area contributed by atoms with Crippen molar-refractivity contribution in [3.05, 3.63) is 90.0 Å². The van der Waals surface area contributed by atoms with E-state index in [1.54, 1.807) is 7.11 Å². The summed E-state index contributed by atoms with van der Waals surface area (Å²) in [6.45, 7) is 0. The summed E-state index contributed by atoms with van der Waals surface area (Å²) in [6, 6.07) is 27.7. The molecular weight excluding hydrogens is 292 g/mol. The van der Waals surface area contributed by atoms with Gasteiger partial charge in [0.25, 0.3) is 0 Å². The van der Waals surface area contributed by atoms with Gasteiger partial charge in [0.1, 0.15) is 5.75 Å². The molecule has 0 amide bonds. The first-order valence-corrected chi connectivity index (χ1v) is 8.06. The molecule has 0 saturated heterocycles. The molecule has 4 aromatic rings. The van der Waals surface area contributed by atoms with Crippen molar-refractivity contribution in [1.29, 1.82) is 0 Å². The largest absolute Gasteiger partial charge is 0.497 e. The van der Waals surface area contributed by atoms with Crippen LogP contribution in [-0.4, -0.2) is 7.11 Å². The standard InChI is InChI=1S/C23H18O/c1-24-23-12-9-17(10-13-23)6-7-18-8-11-21-15-19-4-2-3-5-20(19)16-22(21)14-18/h2-16H,1H3. The van der Waals surface area contributed by atoms with Gasteiger partial charge in [-0.25, -0.2) is 0 Å². The highest BCUT2D eigenvalue weighted by molar-refractivity contribution is 5.99. The number of methoxy groups -OCH3 is 1. The Morgan fingerprint density at radius 1 is 0.583 bits per heavy atom. The first-order valence-electron chi connectivity index (χ1n) is 8.06. The van der Waals surface area contributed by atoms with Crippen LogP contribution in [0.4, 0.5) is 0 Å². The van der Waals surface area contributed by atoms with Crippen LogP contribution in [0, 0.1) is 0 Å². The van der Waals surface area contributed by atoms with Gasteiger partial charge in [0.05, 0.1) is 7.11 Å². The van der Waals surface area contributed by atoms with Crippen LogP contribution in [0.15, 0.2) is 78.9 Å². The third kappa shape index (κ3) is 2.89. The molecular formula is C23H18O. The summed E-state index contributed by atoms with van der Waals surface area (Å²) >= 11 is 0. The van der Waals surface area contributed by atoms with Crippen LogP contribution in [0.5, 0.6) is 5.75 Å². The average molecular weight is 310 g/mol. The van der Waals surface area contributed by atoms with Crippen LogP contribution in [0.25, 0.3) is 33.7 Å². The van der Waals surface area contributed by atoms with Crippen molar-refractivity contribution in [3.63, 3.8) is 0 Å². The molecule has 0 saturated carbocycles. The molecule has 4 rings (SSSR count). The number of rotatable bonds is 3. The van der Waals surface area contributed by atoms with Crippen LogP contribution in [-0.2, 0) is 0 Å². The summed E-state index contributed by atoms with van der Waals surface area (Å²) in [7, 11) is 1.68. The van der Waals surface area contributed by atoms with Gasteiger partial charge in [-0.1, -0.05) is 60.7 Å². The van der Waals surface area contributed by atoms with Gasteiger partial charge in [0.2, 0.25) is 0 Å². The average Bonchev–Trinajstić information content (AvgIpc) is 2.65. The molecule has 1 heteroatoms. The molecule has 4 aromatic carbocycles. The molecule has 0 radical (unpaired) electrons. The summed E-state index contributed by atoms with van der Waals surface area (Å²) in [4.78, 5) is 0. The molecule has 116 valence electrons. The highest BCUT2D eigenvalue weighted by atomic mass is 16.5. The highest BCUT2D eigenvalue weighted by Crippen LogP contribution is 2.24. The first-order chi connectivity index (χ1) is 11.8. The molecule has 0 aliphatic heterocycles. The predicted molar refractivity (Wildman–Crippen MR) is 103 cm³/mol. The van der Waals surface area contributed by atoms with Crippen molar-refractivity contribution in [2.24, 2.45) is 0 Å². The van der Waals surface area contributed by atoms with Gasteiger partial charge >= 0.3 is 0 Å². The van der Waals surface area contributed by atoms with Gasteiger partial charge in [0, 0.05) is 0 Å². The van der Waals surface area contributed by atoms with Gasteiger partial charge in [0.15, 0.2) is 0 Å². The molecule has 0 bridgehead atoms. The number of hydrogen-bond donors (Lipinski definition) is 0. The summed E-state index contributed by atoms with van der Waals surface area (Å²) in [6.07, 6.45) is 4.28. The Morgan fingerprint density at radius 2 is 1.17 bits per heavy atom. The van der Waals surface area contributed by atoms with E-state index >= 15 is 0 Å². The summed E-state index contributed by atoms with van der Waals surface area (Å²) in [5.41, 5.74) is 2.36. The fourth-order valence-electron chi connectivity index (χ4n) is 2.97. The summed E-state index contributed by atoms with van der Waals surface area (Å²) in [5, 5.41) is 5.11. The fourth-order valence-corrected chi connectivity index (χ4v) is 2.97. The molecule has 0 unspecified atom stereocenters. The molecule has 0 fully saturated rings. The van der Waals surface area contributed by atoms with E-state index in [9.17, 15) is 0 Å². The van der Waals surface area contributed by atoms with Crippen molar-refractivity contribution in [2.45, 2.75) is 0 Å². The molecule has 0 aliphatic carbocycles. The minimum Gasteiger partial charge on any atom is -0.497 e. The molecule has 0 aliphatic rings. The zero-order valence-electron chi connectivity index (χ0n) is 13.6. The van der Waals surface area contributed by atoms with E-state index < -0.39 is 0 Å². The zero-order valence-corrected chi connectivity index (χ0v) is 13.6. The second-order valence-electron chi connectivity index (χ2n) is 5.91. The van der Waals surface area contributed by atoms with Crippen molar-refractivity contribution < 1.29 is 4.74 Å². The normalized spacial score (nSPS) is 11.4. The highest BCUT2D eigenvalue weighted by Gasteiger charge is 1.98. The monoisotopic (exact) mass is 310 g/mol. The lowest BCUT2D eigenvalue weighted by atomic mass is 10.0. The first kappa shape index (κ1) is 14.5. The van der Waals surface area contributed by atoms with E-state index in [4.69, 9.17) is 4.74 Å². The second kappa shape index (κ2) is 6.21. The van der Waals surface area contributed by atoms with E-state index in [0.29, 0.717) is 0 Å². The third-order valence-electron chi connectivity index (χ3n) is 4.31. The lowest BCUT2D eigenvalue weighted by Crippen LogP contribution is -1.81. The van der Waals surface area contributed by atoms with Crippen LogP contribution in [0.2, 0.25) is 0 Å². The maximum Gasteiger partial charge on any atom is 0.118 e. The van der Waals surface area contributed by atoms with Crippen LogP contribution in [0.1, 0.15) is 11.1 Å². The minimum atomic E-state index is 0.879. The van der Waals surface area contributed by atoms with E-state index in [-0.39, 0.29) is 0 Å². The quantitative estimate of drug-likeness (QED) is 0.325. The Kier molecular flexibility index (Phi) is 3.76. The number of fused-ring (bicyclic) bond motifs is 2. The molecule has 0 aromatic heterocycles. The fraction of sp³-hybridized carbons (Fsp3) is 0.0435. The molecule has 0 N–H and O–H groups in total. The van der Waals surface area contributed by atoms with Crippen molar-refractivity contribution in [3.8, 4) is 5.75 Å². The lowest BCUT2D eigenvalue weighted by Gasteiger charge is -2.04. The SMILES string of the molecule is COc1ccc(C=Cc2ccc3cc4ccccc4cc3c2)cc1. The molecule has 24 heavy (non-hydrogen) atoms. The third-order valence-corrected chi connectivity index (χ3v) is 4.31. The van der Waals surface area contributed by atoms with Crippen molar-refractivity contribution >= 4 is 33.7 Å². The van der Waals surface area contributed by atoms with Crippen molar-refractivity contribution in [1.82, 2.24) is 0 Å². The van der Waals surface area contributed by atoms with Gasteiger partial charge < -0.3 is 4.74 Å². The minimum absolute atomic E-state index is 0.879. The Morgan fingerprint density at radius 3 is 1.88 bits per heavy atom. The number of benzene rings is 4. The van der Waals surface area contributed by atoms with E-state index in [1.807, 2.05) is 12.1 Å². The smallest absolute Gasteiger partial charge is 0.118 e. The Balaban J connectivity index is 1.68. The maximum atomic E-state index is 5.19. The molecule has 0 heterocycles. The summed E-state index contributed by atoms with van der Waals surface area (Å²) in [5.74, 6) is 0.879. The van der Waals surface area contributed by atoms with E-state index in [0.717, 1.165) is 11.3 Å². The number of ether oxygens (including phenoxy) is 1. The molecule has 0 spiro atoms. The molecule has 0 atom stereocenters. The van der Waals surface area contributed by atoms with Gasteiger partial charge in [-0.2, -0.15) is 0 Å². The van der Waals surface area contributed by atoms with E-state index in [1.165, 1.54) is 27.1 Å².